The maximum atomic E-state index is 13.5. The summed E-state index contributed by atoms with van der Waals surface area (Å²) in [6.07, 6.45) is -4.29. The fraction of sp³-hybridized carbons (Fsp3) is 0.667. The van der Waals surface area contributed by atoms with Gasteiger partial charge in [0.15, 0.2) is 26.0 Å². The average Bonchev–Trinajstić information content (AvgIpc) is 3.04. The van der Waals surface area contributed by atoms with Gasteiger partial charge in [0.1, 0.15) is 30.5 Å². The SMILES string of the molecule is CC1(C)OC2C(=O)C(O[Si](C)(C)C(C)(C)C)C(O)C3(CC(=O)N3OCc3ccccc3)C2O1. The fourth-order valence-electron chi connectivity index (χ4n) is 4.57. The van der Waals surface area contributed by atoms with Crippen molar-refractivity contribution < 1.29 is 33.4 Å². The molecule has 33 heavy (non-hydrogen) atoms. The first-order chi connectivity index (χ1) is 15.2. The van der Waals surface area contributed by atoms with Crippen LogP contribution >= 0.6 is 0 Å². The Morgan fingerprint density at radius 2 is 1.79 bits per heavy atom. The molecule has 1 N–H and O–H groups in total. The molecule has 0 radical (unpaired) electrons. The summed E-state index contributed by atoms with van der Waals surface area (Å²) in [5, 5.41) is 12.6. The number of benzene rings is 1. The molecule has 3 fully saturated rings. The van der Waals surface area contributed by atoms with Crippen molar-refractivity contribution in [2.24, 2.45) is 0 Å². The first-order valence-electron chi connectivity index (χ1n) is 11.4. The van der Waals surface area contributed by atoms with Gasteiger partial charge in [0.25, 0.3) is 0 Å². The van der Waals surface area contributed by atoms with Gasteiger partial charge in [-0.05, 0) is 37.5 Å². The molecular weight excluding hydrogens is 442 g/mol. The van der Waals surface area contributed by atoms with Crippen LogP contribution < -0.4 is 0 Å². The second kappa shape index (κ2) is 7.96. The summed E-state index contributed by atoms with van der Waals surface area (Å²) in [4.78, 5) is 32.2. The van der Waals surface area contributed by atoms with Gasteiger partial charge < -0.3 is 19.0 Å². The summed E-state index contributed by atoms with van der Waals surface area (Å²) < 4.78 is 18.5. The number of ether oxygens (including phenoxy) is 2. The zero-order valence-corrected chi connectivity index (χ0v) is 21.5. The predicted octanol–water partition coefficient (Wildman–Crippen LogP) is 2.94. The molecule has 8 nitrogen and oxygen atoms in total. The predicted molar refractivity (Wildman–Crippen MR) is 122 cm³/mol. The molecule has 5 unspecified atom stereocenters. The lowest BCUT2D eigenvalue weighted by Crippen LogP contribution is -2.82. The minimum Gasteiger partial charge on any atom is -0.404 e. The summed E-state index contributed by atoms with van der Waals surface area (Å²) in [7, 11) is -2.44. The Morgan fingerprint density at radius 1 is 1.15 bits per heavy atom. The fourth-order valence-corrected chi connectivity index (χ4v) is 5.81. The van der Waals surface area contributed by atoms with Gasteiger partial charge in [0.05, 0.1) is 6.42 Å². The number of β-lactam (4-membered cyclic amide) rings is 1. The molecule has 1 aromatic carbocycles. The standard InChI is InChI=1S/C24H35NO7Si/c1-22(2,3)33(6,7)32-18-17(27)19-21(31-23(4,5)30-19)24(20(18)28)13-16(26)25(24)29-14-15-11-9-8-10-12-15/h8-12,18-21,28H,13-14H2,1-7H3. The van der Waals surface area contributed by atoms with E-state index < -0.39 is 44.1 Å². The van der Waals surface area contributed by atoms with Gasteiger partial charge in [-0.2, -0.15) is 0 Å². The number of amides is 1. The van der Waals surface area contributed by atoms with Crippen molar-refractivity contribution in [3.05, 3.63) is 35.9 Å². The van der Waals surface area contributed by atoms with Crippen molar-refractivity contribution in [2.45, 2.75) is 102 Å². The number of ketones is 1. The normalized spacial score (nSPS) is 33.9. The summed E-state index contributed by atoms with van der Waals surface area (Å²) >= 11 is 0. The second-order valence-corrected chi connectivity index (χ2v) is 16.0. The van der Waals surface area contributed by atoms with E-state index in [4.69, 9.17) is 18.7 Å². The van der Waals surface area contributed by atoms with Crippen LogP contribution in [-0.2, 0) is 34.9 Å². The highest BCUT2D eigenvalue weighted by Gasteiger charge is 2.74. The van der Waals surface area contributed by atoms with Gasteiger partial charge in [-0.15, -0.1) is 0 Å². The number of hydrogen-bond acceptors (Lipinski definition) is 7. The Labute approximate surface area is 196 Å². The van der Waals surface area contributed by atoms with Crippen LogP contribution in [0.2, 0.25) is 18.1 Å². The Morgan fingerprint density at radius 3 is 2.36 bits per heavy atom. The van der Waals surface area contributed by atoms with E-state index in [1.165, 1.54) is 5.06 Å². The largest absolute Gasteiger partial charge is 0.404 e. The molecule has 3 aliphatic rings. The van der Waals surface area contributed by atoms with E-state index in [9.17, 15) is 14.7 Å². The molecule has 182 valence electrons. The molecule has 0 aromatic heterocycles. The van der Waals surface area contributed by atoms with E-state index in [1.54, 1.807) is 13.8 Å². The molecule has 1 spiro atoms. The van der Waals surface area contributed by atoms with Gasteiger partial charge in [-0.25, -0.2) is 5.06 Å². The number of aliphatic hydroxyl groups excluding tert-OH is 1. The van der Waals surface area contributed by atoms with Crippen LogP contribution in [0.1, 0.15) is 46.6 Å². The lowest BCUT2D eigenvalue weighted by atomic mass is 9.67. The van der Waals surface area contributed by atoms with Crippen LogP contribution in [0.4, 0.5) is 0 Å². The zero-order valence-electron chi connectivity index (χ0n) is 20.5. The molecule has 2 heterocycles. The monoisotopic (exact) mass is 477 g/mol. The third-order valence-electron chi connectivity index (χ3n) is 7.42. The van der Waals surface area contributed by atoms with E-state index in [2.05, 4.69) is 20.8 Å². The number of carbonyl (C=O) groups is 2. The third-order valence-corrected chi connectivity index (χ3v) is 11.9. The molecule has 1 aromatic rings. The molecule has 5 atom stereocenters. The lowest BCUT2D eigenvalue weighted by Gasteiger charge is -2.59. The number of rotatable bonds is 5. The van der Waals surface area contributed by atoms with Gasteiger partial charge in [0.2, 0.25) is 5.91 Å². The van der Waals surface area contributed by atoms with E-state index >= 15 is 0 Å². The number of hydrogen-bond donors (Lipinski definition) is 1. The quantitative estimate of drug-likeness (QED) is 0.515. The van der Waals surface area contributed by atoms with Crippen molar-refractivity contribution in [2.75, 3.05) is 0 Å². The Balaban J connectivity index is 1.68. The Hall–Kier alpha value is -1.62. The molecule has 1 amide bonds. The van der Waals surface area contributed by atoms with Crippen molar-refractivity contribution >= 4 is 20.0 Å². The van der Waals surface area contributed by atoms with Gasteiger partial charge in [0, 0.05) is 0 Å². The molecule has 0 bridgehead atoms. The number of aliphatic hydroxyl groups is 1. The third kappa shape index (κ3) is 3.98. The van der Waals surface area contributed by atoms with E-state index in [1.807, 2.05) is 43.4 Å². The maximum Gasteiger partial charge on any atom is 0.249 e. The molecule has 1 aliphatic carbocycles. The van der Waals surface area contributed by atoms with Gasteiger partial charge in [-0.1, -0.05) is 51.1 Å². The second-order valence-electron chi connectivity index (χ2n) is 11.2. The lowest BCUT2D eigenvalue weighted by molar-refractivity contribution is -0.316. The van der Waals surface area contributed by atoms with Crippen molar-refractivity contribution in [3.8, 4) is 0 Å². The smallest absolute Gasteiger partial charge is 0.249 e. The average molecular weight is 478 g/mol. The minimum atomic E-state index is -2.44. The van der Waals surface area contributed by atoms with Crippen LogP contribution in [0, 0.1) is 0 Å². The number of hydroxylamine groups is 2. The minimum absolute atomic E-state index is 0.0196. The highest BCUT2D eigenvalue weighted by Crippen LogP contribution is 2.52. The first kappa shape index (κ1) is 24.5. The topological polar surface area (TPSA) is 94.5 Å². The Bertz CT molecular complexity index is 928. The van der Waals surface area contributed by atoms with Gasteiger partial charge >= 0.3 is 0 Å². The number of nitrogens with zero attached hydrogens (tertiary/aromatic N) is 1. The van der Waals surface area contributed by atoms with Crippen molar-refractivity contribution in [1.29, 1.82) is 0 Å². The molecule has 9 heteroatoms. The van der Waals surface area contributed by atoms with E-state index in [0.717, 1.165) is 5.56 Å². The van der Waals surface area contributed by atoms with Crippen LogP contribution in [0.25, 0.3) is 0 Å². The summed E-state index contributed by atoms with van der Waals surface area (Å²) in [5.74, 6) is -1.68. The number of fused-ring (bicyclic) bond motifs is 2. The zero-order chi connectivity index (χ0) is 24.4. The Kier molecular flexibility index (Phi) is 5.91. The highest BCUT2D eigenvalue weighted by molar-refractivity contribution is 6.74. The van der Waals surface area contributed by atoms with Crippen LogP contribution in [0.3, 0.4) is 0 Å². The van der Waals surface area contributed by atoms with Crippen LogP contribution in [0.15, 0.2) is 30.3 Å². The summed E-state index contributed by atoms with van der Waals surface area (Å²) in [5.41, 5.74) is -0.395. The van der Waals surface area contributed by atoms with Crippen LogP contribution in [-0.4, -0.2) is 65.9 Å². The number of carbonyl (C=O) groups excluding carboxylic acids is 2. The van der Waals surface area contributed by atoms with E-state index in [-0.39, 0.29) is 29.8 Å². The first-order valence-corrected chi connectivity index (χ1v) is 14.4. The summed E-state index contributed by atoms with van der Waals surface area (Å²) in [6.45, 7) is 13.8. The molecular formula is C24H35NO7Si. The van der Waals surface area contributed by atoms with Crippen molar-refractivity contribution in [1.82, 2.24) is 5.06 Å². The maximum absolute atomic E-state index is 13.5. The molecule has 2 aliphatic heterocycles. The van der Waals surface area contributed by atoms with Gasteiger partial charge in [-0.3, -0.25) is 14.4 Å². The highest BCUT2D eigenvalue weighted by atomic mass is 28.4. The molecule has 1 saturated carbocycles. The van der Waals surface area contributed by atoms with Crippen molar-refractivity contribution in [3.63, 3.8) is 0 Å². The number of Topliss-reactive ketones (excluding diaryl/α,β-unsaturated/α-hetero) is 1. The molecule has 2 saturated heterocycles. The summed E-state index contributed by atoms with van der Waals surface area (Å²) in [6, 6.07) is 9.45. The van der Waals surface area contributed by atoms with Crippen LogP contribution in [0.5, 0.6) is 0 Å². The molecule has 4 rings (SSSR count). The van der Waals surface area contributed by atoms with E-state index in [0.29, 0.717) is 0 Å².